The van der Waals surface area contributed by atoms with Gasteiger partial charge in [0.1, 0.15) is 11.9 Å². The highest BCUT2D eigenvalue weighted by Crippen LogP contribution is 2.19. The van der Waals surface area contributed by atoms with Crippen molar-refractivity contribution in [2.24, 2.45) is 0 Å². The van der Waals surface area contributed by atoms with Gasteiger partial charge in [-0.05, 0) is 36.2 Å². The van der Waals surface area contributed by atoms with Crippen molar-refractivity contribution < 1.29 is 4.74 Å². The molecule has 1 heterocycles. The van der Waals surface area contributed by atoms with Crippen LogP contribution in [0.15, 0.2) is 30.5 Å². The Morgan fingerprint density at radius 1 is 1.33 bits per heavy atom. The molecular formula is C10H8ClN3O. The Morgan fingerprint density at radius 2 is 2.20 bits per heavy atom. The Morgan fingerprint density at radius 3 is 2.93 bits per heavy atom. The number of nitrogens with zero attached hydrogens (tertiary/aromatic N) is 3. The molecule has 0 amide bonds. The molecule has 0 spiro atoms. The summed E-state index contributed by atoms with van der Waals surface area (Å²) in [5, 5.41) is 7.23. The first-order chi connectivity index (χ1) is 7.24. The quantitative estimate of drug-likeness (QED) is 0.782. The summed E-state index contributed by atoms with van der Waals surface area (Å²) in [6.45, 7) is 1.98. The molecular weight excluding hydrogens is 214 g/mol. The lowest BCUT2D eigenvalue weighted by Gasteiger charge is -2.03. The van der Waals surface area contributed by atoms with Crippen molar-refractivity contribution in [3.63, 3.8) is 0 Å². The van der Waals surface area contributed by atoms with Crippen LogP contribution in [0, 0.1) is 6.92 Å². The minimum absolute atomic E-state index is 0.0696. The lowest BCUT2D eigenvalue weighted by atomic mass is 10.2. The van der Waals surface area contributed by atoms with E-state index in [1.807, 2.05) is 31.2 Å². The molecule has 1 aromatic carbocycles. The van der Waals surface area contributed by atoms with Crippen LogP contribution in [-0.2, 0) is 0 Å². The molecule has 0 aliphatic rings. The molecule has 1 aromatic heterocycles. The van der Waals surface area contributed by atoms with Gasteiger partial charge in [-0.25, -0.2) is 0 Å². The minimum atomic E-state index is 0.0696. The fraction of sp³-hybridized carbons (Fsp3) is 0.100. The van der Waals surface area contributed by atoms with Crippen LogP contribution in [0.2, 0.25) is 5.28 Å². The van der Waals surface area contributed by atoms with Crippen molar-refractivity contribution in [1.82, 2.24) is 15.2 Å². The molecule has 15 heavy (non-hydrogen) atoms. The van der Waals surface area contributed by atoms with Crippen LogP contribution in [0.5, 0.6) is 11.6 Å². The predicted molar refractivity (Wildman–Crippen MR) is 56.1 cm³/mol. The van der Waals surface area contributed by atoms with Crippen molar-refractivity contribution in [3.8, 4) is 11.6 Å². The van der Waals surface area contributed by atoms with Crippen molar-refractivity contribution in [2.45, 2.75) is 6.92 Å². The van der Waals surface area contributed by atoms with E-state index in [9.17, 15) is 0 Å². The zero-order valence-electron chi connectivity index (χ0n) is 8.01. The van der Waals surface area contributed by atoms with Gasteiger partial charge in [0.25, 0.3) is 0 Å². The van der Waals surface area contributed by atoms with E-state index in [0.29, 0.717) is 11.6 Å². The van der Waals surface area contributed by atoms with Gasteiger partial charge in [-0.2, -0.15) is 10.1 Å². The zero-order chi connectivity index (χ0) is 10.7. The van der Waals surface area contributed by atoms with Crippen LogP contribution in [0.25, 0.3) is 0 Å². The highest BCUT2D eigenvalue weighted by molar-refractivity contribution is 6.28. The molecule has 2 rings (SSSR count). The standard InChI is InChI=1S/C10H8ClN3O/c1-7-3-2-4-8(5-7)15-9-6-12-14-10(11)13-9/h2-6H,1H3. The Hall–Kier alpha value is -1.68. The zero-order valence-corrected chi connectivity index (χ0v) is 8.77. The van der Waals surface area contributed by atoms with Crippen LogP contribution in [0.1, 0.15) is 5.56 Å². The summed E-state index contributed by atoms with van der Waals surface area (Å²) >= 11 is 5.58. The topological polar surface area (TPSA) is 47.9 Å². The molecule has 76 valence electrons. The predicted octanol–water partition coefficient (Wildman–Crippen LogP) is 2.63. The fourth-order valence-electron chi connectivity index (χ4n) is 1.12. The second-order valence-corrected chi connectivity index (χ2v) is 3.32. The van der Waals surface area contributed by atoms with E-state index in [1.54, 1.807) is 0 Å². The van der Waals surface area contributed by atoms with E-state index < -0.39 is 0 Å². The maximum Gasteiger partial charge on any atom is 0.246 e. The van der Waals surface area contributed by atoms with Gasteiger partial charge in [-0.15, -0.1) is 5.10 Å². The largest absolute Gasteiger partial charge is 0.437 e. The van der Waals surface area contributed by atoms with E-state index in [2.05, 4.69) is 15.2 Å². The summed E-state index contributed by atoms with van der Waals surface area (Å²) in [5.41, 5.74) is 1.11. The van der Waals surface area contributed by atoms with E-state index >= 15 is 0 Å². The van der Waals surface area contributed by atoms with Gasteiger partial charge in [0.15, 0.2) is 0 Å². The van der Waals surface area contributed by atoms with Gasteiger partial charge in [-0.3, -0.25) is 0 Å². The summed E-state index contributed by atoms with van der Waals surface area (Å²) in [6, 6.07) is 7.62. The van der Waals surface area contributed by atoms with Crippen LogP contribution in [-0.4, -0.2) is 15.2 Å². The lowest BCUT2D eigenvalue weighted by molar-refractivity contribution is 0.457. The average Bonchev–Trinajstić information content (AvgIpc) is 2.17. The summed E-state index contributed by atoms with van der Waals surface area (Å²) in [5.74, 6) is 1.03. The molecule has 0 radical (unpaired) electrons. The first kappa shape index (κ1) is 9.86. The molecule has 0 N–H and O–H groups in total. The second-order valence-electron chi connectivity index (χ2n) is 2.98. The number of ether oxygens (including phenoxy) is 1. The third kappa shape index (κ3) is 2.63. The lowest BCUT2D eigenvalue weighted by Crippen LogP contribution is -1.92. The number of halogens is 1. The highest BCUT2D eigenvalue weighted by Gasteiger charge is 2.00. The first-order valence-electron chi connectivity index (χ1n) is 4.34. The van der Waals surface area contributed by atoms with E-state index in [0.717, 1.165) is 5.56 Å². The molecule has 0 saturated carbocycles. The Labute approximate surface area is 91.9 Å². The smallest absolute Gasteiger partial charge is 0.246 e. The minimum Gasteiger partial charge on any atom is -0.437 e. The fourth-order valence-corrected chi connectivity index (χ4v) is 1.24. The van der Waals surface area contributed by atoms with E-state index in [-0.39, 0.29) is 5.28 Å². The average molecular weight is 222 g/mol. The third-order valence-corrected chi connectivity index (χ3v) is 1.88. The van der Waals surface area contributed by atoms with Crippen molar-refractivity contribution in [1.29, 1.82) is 0 Å². The van der Waals surface area contributed by atoms with Gasteiger partial charge < -0.3 is 4.74 Å². The summed E-state index contributed by atoms with van der Waals surface area (Å²) < 4.78 is 5.44. The normalized spacial score (nSPS) is 10.0. The van der Waals surface area contributed by atoms with Crippen LogP contribution in [0.3, 0.4) is 0 Å². The van der Waals surface area contributed by atoms with Gasteiger partial charge in [0, 0.05) is 0 Å². The van der Waals surface area contributed by atoms with Crippen LogP contribution < -0.4 is 4.74 Å². The van der Waals surface area contributed by atoms with Crippen molar-refractivity contribution >= 4 is 11.6 Å². The van der Waals surface area contributed by atoms with Gasteiger partial charge in [-0.1, -0.05) is 12.1 Å². The maximum absolute atomic E-state index is 5.58. The summed E-state index contributed by atoms with van der Waals surface area (Å²) in [6.07, 6.45) is 1.41. The molecule has 0 aliphatic carbocycles. The van der Waals surface area contributed by atoms with Crippen molar-refractivity contribution in [2.75, 3.05) is 0 Å². The van der Waals surface area contributed by atoms with E-state index in [1.165, 1.54) is 6.20 Å². The summed E-state index contributed by atoms with van der Waals surface area (Å²) in [7, 11) is 0. The Bertz CT molecular complexity index is 432. The number of aromatic nitrogens is 3. The Kier molecular flexibility index (Phi) is 2.78. The third-order valence-electron chi connectivity index (χ3n) is 1.72. The number of benzene rings is 1. The molecule has 2 aromatic rings. The number of hydrogen-bond acceptors (Lipinski definition) is 4. The first-order valence-corrected chi connectivity index (χ1v) is 4.71. The Balaban J connectivity index is 2.22. The van der Waals surface area contributed by atoms with Crippen molar-refractivity contribution in [3.05, 3.63) is 41.3 Å². The SMILES string of the molecule is Cc1cccc(Oc2cnnc(Cl)n2)c1. The molecule has 5 heteroatoms. The molecule has 4 nitrogen and oxygen atoms in total. The molecule has 0 aliphatic heterocycles. The van der Waals surface area contributed by atoms with Gasteiger partial charge >= 0.3 is 0 Å². The molecule has 0 atom stereocenters. The molecule has 0 bridgehead atoms. The second kappa shape index (κ2) is 4.23. The molecule has 0 saturated heterocycles. The van der Waals surface area contributed by atoms with Gasteiger partial charge in [0.2, 0.25) is 11.2 Å². The number of hydrogen-bond donors (Lipinski definition) is 0. The van der Waals surface area contributed by atoms with E-state index in [4.69, 9.17) is 16.3 Å². The molecule has 0 fully saturated rings. The number of rotatable bonds is 2. The number of aryl methyl sites for hydroxylation is 1. The highest BCUT2D eigenvalue weighted by atomic mass is 35.5. The van der Waals surface area contributed by atoms with Crippen LogP contribution >= 0.6 is 11.6 Å². The monoisotopic (exact) mass is 221 g/mol. The molecule has 0 unspecified atom stereocenters. The van der Waals surface area contributed by atoms with Gasteiger partial charge in [0.05, 0.1) is 0 Å². The summed E-state index contributed by atoms with van der Waals surface area (Å²) in [4.78, 5) is 3.87. The maximum atomic E-state index is 5.58. The van der Waals surface area contributed by atoms with Crippen LogP contribution in [0.4, 0.5) is 0 Å².